The first-order valence-electron chi connectivity index (χ1n) is 21.4. The van der Waals surface area contributed by atoms with Crippen molar-refractivity contribution in [1.29, 1.82) is 0 Å². The van der Waals surface area contributed by atoms with Gasteiger partial charge in [-0.25, -0.2) is 24.5 Å². The van der Waals surface area contributed by atoms with Crippen molar-refractivity contribution in [3.63, 3.8) is 0 Å². The summed E-state index contributed by atoms with van der Waals surface area (Å²) in [6.07, 6.45) is 8.00. The minimum atomic E-state index is -0.760. The number of anilines is 2. The number of amides is 5. The number of carbonyl (C=O) groups excluding carboxylic acids is 4. The van der Waals surface area contributed by atoms with E-state index < -0.39 is 23.8 Å². The summed E-state index contributed by atoms with van der Waals surface area (Å²) in [5.41, 5.74) is 10.4. The molecule has 5 aromatic rings. The van der Waals surface area contributed by atoms with Crippen LogP contribution in [0.4, 0.5) is 16.3 Å². The van der Waals surface area contributed by atoms with E-state index in [4.69, 9.17) is 15.6 Å². The molecule has 0 atom stereocenters. The van der Waals surface area contributed by atoms with E-state index in [1.54, 1.807) is 12.1 Å². The number of hydrazine groups is 1. The number of hydrogen-bond acceptors (Lipinski definition) is 12. The Balaban J connectivity index is 0.703. The molecule has 10 rings (SSSR count). The fourth-order valence-electron chi connectivity index (χ4n) is 9.84. The van der Waals surface area contributed by atoms with Gasteiger partial charge in [0.1, 0.15) is 29.3 Å². The van der Waals surface area contributed by atoms with Crippen molar-refractivity contribution in [2.75, 3.05) is 63.0 Å². The minimum Gasteiger partial charge on any atom is -0.457 e. The van der Waals surface area contributed by atoms with Crippen LogP contribution in [0.2, 0.25) is 0 Å². The van der Waals surface area contributed by atoms with E-state index in [2.05, 4.69) is 34.7 Å². The number of nitrogens with zero attached hydrogens (tertiary/aromatic N) is 9. The van der Waals surface area contributed by atoms with Gasteiger partial charge < -0.3 is 25.2 Å². The average Bonchev–Trinajstić information content (AvgIpc) is 3.80. The molecular weight excluding hydrogens is 775 g/mol. The maximum Gasteiger partial charge on any atom is 0.343 e. The normalized spacial score (nSPS) is 20.2. The summed E-state index contributed by atoms with van der Waals surface area (Å²) in [4.78, 5) is 67.1. The Labute approximate surface area is 353 Å². The molecule has 5 aliphatic rings. The molecule has 0 bridgehead atoms. The van der Waals surface area contributed by atoms with Gasteiger partial charge in [0, 0.05) is 56.4 Å². The lowest BCUT2D eigenvalue weighted by molar-refractivity contribution is -0.122. The second-order valence-electron chi connectivity index (χ2n) is 16.8. The van der Waals surface area contributed by atoms with Gasteiger partial charge in [-0.05, 0) is 112 Å². The zero-order valence-electron chi connectivity index (χ0n) is 34.0. The quantitative estimate of drug-likeness (QED) is 0.183. The number of nitrogen functional groups attached to an aromatic ring is 1. The number of rotatable bonds is 9. The maximum atomic E-state index is 13.4. The Hall–Kier alpha value is -6.39. The Morgan fingerprint density at radius 2 is 1.43 bits per heavy atom. The van der Waals surface area contributed by atoms with Crippen molar-refractivity contribution in [3.8, 4) is 22.8 Å². The highest BCUT2D eigenvalue weighted by Crippen LogP contribution is 2.36. The molecule has 4 fully saturated rings. The number of aromatic nitrogens is 4. The van der Waals surface area contributed by atoms with Gasteiger partial charge in [0.15, 0.2) is 5.65 Å². The number of carbonyl (C=O) groups is 4. The fourth-order valence-corrected chi connectivity index (χ4v) is 9.84. The summed E-state index contributed by atoms with van der Waals surface area (Å²) in [5, 5.41) is 10.00. The number of urea groups is 1. The molecule has 5 amide bonds. The van der Waals surface area contributed by atoms with Crippen LogP contribution < -0.4 is 20.7 Å². The Morgan fingerprint density at radius 3 is 2.16 bits per heavy atom. The van der Waals surface area contributed by atoms with Gasteiger partial charge >= 0.3 is 6.03 Å². The van der Waals surface area contributed by atoms with E-state index in [1.807, 2.05) is 60.7 Å². The summed E-state index contributed by atoms with van der Waals surface area (Å²) in [7, 11) is 0. The van der Waals surface area contributed by atoms with Crippen LogP contribution in [0.5, 0.6) is 11.5 Å². The van der Waals surface area contributed by atoms with Crippen LogP contribution in [-0.4, -0.2) is 122 Å². The third kappa shape index (κ3) is 7.54. The SMILES string of the molecule is Nc1ncnc2c1c(-c1ccc(Oc3ccccc3)cc1)nn2C1CCN(CC2CCN(C3CCN(c4ccc5c(c4)C(=O)N(N4CCC(=O)NC4=O)C5=O)CC3)CC2)CC1. The van der Waals surface area contributed by atoms with E-state index in [1.165, 1.54) is 19.2 Å². The predicted molar refractivity (Wildman–Crippen MR) is 228 cm³/mol. The van der Waals surface area contributed by atoms with Gasteiger partial charge in [-0.15, -0.1) is 0 Å². The monoisotopic (exact) mass is 823 g/mol. The van der Waals surface area contributed by atoms with Gasteiger partial charge in [-0.2, -0.15) is 10.1 Å². The molecule has 16 nitrogen and oxygen atoms in total. The van der Waals surface area contributed by atoms with Crippen LogP contribution in [0.1, 0.15) is 71.7 Å². The first kappa shape index (κ1) is 38.8. The second-order valence-corrected chi connectivity index (χ2v) is 16.8. The zero-order valence-corrected chi connectivity index (χ0v) is 34.0. The lowest BCUT2D eigenvalue weighted by Gasteiger charge is -2.43. The topological polar surface area (TPSA) is 175 Å². The van der Waals surface area contributed by atoms with Crippen LogP contribution >= 0.6 is 0 Å². The number of nitrogens with two attached hydrogens (primary N) is 1. The maximum absolute atomic E-state index is 13.4. The number of fused-ring (bicyclic) bond motifs is 2. The van der Waals surface area contributed by atoms with Crippen molar-refractivity contribution < 1.29 is 23.9 Å². The van der Waals surface area contributed by atoms with Crippen molar-refractivity contribution in [2.45, 2.75) is 57.0 Å². The molecule has 61 heavy (non-hydrogen) atoms. The molecule has 0 unspecified atom stereocenters. The number of imide groups is 2. The number of nitrogens with one attached hydrogen (secondary N) is 1. The van der Waals surface area contributed by atoms with Crippen molar-refractivity contribution in [2.24, 2.45) is 5.92 Å². The van der Waals surface area contributed by atoms with Gasteiger partial charge in [0.05, 0.1) is 29.1 Å². The van der Waals surface area contributed by atoms with E-state index in [9.17, 15) is 19.2 Å². The third-order valence-electron chi connectivity index (χ3n) is 13.2. The number of benzene rings is 3. The summed E-state index contributed by atoms with van der Waals surface area (Å²) < 4.78 is 8.10. The molecule has 2 aromatic heterocycles. The lowest BCUT2D eigenvalue weighted by Crippen LogP contribution is -2.58. The number of para-hydroxylation sites is 1. The molecule has 4 saturated heterocycles. The van der Waals surface area contributed by atoms with Gasteiger partial charge in [0.2, 0.25) is 5.91 Å². The van der Waals surface area contributed by atoms with Crippen LogP contribution in [-0.2, 0) is 4.79 Å². The summed E-state index contributed by atoms with van der Waals surface area (Å²) in [6.45, 7) is 7.07. The Kier molecular flexibility index (Phi) is 10.3. The average molecular weight is 824 g/mol. The number of ether oxygens (including phenoxy) is 1. The molecule has 0 saturated carbocycles. The molecule has 0 aliphatic carbocycles. The van der Waals surface area contributed by atoms with Crippen LogP contribution in [0, 0.1) is 5.92 Å². The number of piperidine rings is 3. The van der Waals surface area contributed by atoms with E-state index >= 15 is 0 Å². The highest BCUT2D eigenvalue weighted by Gasteiger charge is 2.43. The van der Waals surface area contributed by atoms with E-state index in [0.717, 1.165) is 121 Å². The first-order chi connectivity index (χ1) is 29.8. The molecular formula is C45H49N11O5. The van der Waals surface area contributed by atoms with Crippen LogP contribution in [0.25, 0.3) is 22.3 Å². The fraction of sp³-hybridized carbons (Fsp3) is 0.400. The van der Waals surface area contributed by atoms with E-state index in [-0.39, 0.29) is 30.1 Å². The van der Waals surface area contributed by atoms with Crippen LogP contribution in [0.3, 0.4) is 0 Å². The molecule has 3 N–H and O–H groups in total. The Morgan fingerprint density at radius 1 is 0.721 bits per heavy atom. The van der Waals surface area contributed by atoms with Crippen LogP contribution in [0.15, 0.2) is 79.1 Å². The molecule has 314 valence electrons. The summed E-state index contributed by atoms with van der Waals surface area (Å²) >= 11 is 0. The summed E-state index contributed by atoms with van der Waals surface area (Å²) in [6, 6.07) is 23.0. The van der Waals surface area contributed by atoms with Gasteiger partial charge in [-0.1, -0.05) is 18.2 Å². The molecule has 16 heteroatoms. The second kappa shape index (κ2) is 16.2. The standard InChI is InChI=1S/C45H49N11O5/c46-41-39-40(30-6-9-35(10-7-30)61-34-4-2-1-3-5-34)50-55(42(39)48-28-47-41)32-14-19-51(20-15-32)27-29-12-21-52(22-13-29)31-16-23-53(24-17-31)33-8-11-36-37(26-33)44(59)56(43(36)58)54-25-18-38(57)49-45(54)60/h1-11,26,28-29,31-32H,12-25,27H2,(H2,46,47,48)(H,49,57,60). The summed E-state index contributed by atoms with van der Waals surface area (Å²) in [5.74, 6) is 1.13. The minimum absolute atomic E-state index is 0.0182. The zero-order chi connectivity index (χ0) is 41.6. The van der Waals surface area contributed by atoms with Gasteiger partial charge in [-0.3, -0.25) is 19.7 Å². The molecule has 7 heterocycles. The van der Waals surface area contributed by atoms with Crippen molar-refractivity contribution in [1.82, 2.24) is 44.9 Å². The predicted octanol–water partition coefficient (Wildman–Crippen LogP) is 5.34. The highest BCUT2D eigenvalue weighted by molar-refractivity contribution is 6.22. The van der Waals surface area contributed by atoms with Gasteiger partial charge in [0.25, 0.3) is 11.8 Å². The van der Waals surface area contributed by atoms with E-state index in [0.29, 0.717) is 17.8 Å². The molecule has 5 aliphatic heterocycles. The third-order valence-corrected chi connectivity index (χ3v) is 13.2. The lowest BCUT2D eigenvalue weighted by atomic mass is 9.92. The smallest absolute Gasteiger partial charge is 0.343 e. The molecule has 3 aromatic carbocycles. The number of hydrogen-bond donors (Lipinski definition) is 2. The Bertz CT molecular complexity index is 2470. The molecule has 0 spiro atoms. The highest BCUT2D eigenvalue weighted by atomic mass is 16.5. The number of likely N-dealkylation sites (tertiary alicyclic amines) is 2. The molecule has 0 radical (unpaired) electrons. The van der Waals surface area contributed by atoms with Crippen molar-refractivity contribution >= 4 is 46.3 Å². The largest absolute Gasteiger partial charge is 0.457 e. The first-order valence-corrected chi connectivity index (χ1v) is 21.4. The van der Waals surface area contributed by atoms with Crippen molar-refractivity contribution in [3.05, 3.63) is 90.3 Å².